The summed E-state index contributed by atoms with van der Waals surface area (Å²) in [5, 5.41) is 0. The van der Waals surface area contributed by atoms with Crippen LogP contribution < -0.4 is 10.5 Å². The van der Waals surface area contributed by atoms with Gasteiger partial charge in [-0.25, -0.2) is 4.39 Å². The Morgan fingerprint density at radius 1 is 1.15 bits per heavy atom. The molecule has 0 saturated carbocycles. The average Bonchev–Trinajstić information content (AvgIpc) is 2.43. The number of halogens is 1. The summed E-state index contributed by atoms with van der Waals surface area (Å²) in [5.74, 6) is -0.130. The second-order valence-electron chi connectivity index (χ2n) is 5.13. The van der Waals surface area contributed by atoms with Gasteiger partial charge in [-0.05, 0) is 49.1 Å². The number of nitrogens with two attached hydrogens (primary N) is 1. The van der Waals surface area contributed by atoms with E-state index in [4.69, 9.17) is 10.5 Å². The fourth-order valence-corrected chi connectivity index (χ4v) is 2.28. The zero-order valence-corrected chi connectivity index (χ0v) is 12.1. The van der Waals surface area contributed by atoms with E-state index in [9.17, 15) is 4.39 Å². The third kappa shape index (κ3) is 3.17. The molecule has 0 saturated heterocycles. The minimum atomic E-state index is -0.366. The molecule has 0 amide bonds. The van der Waals surface area contributed by atoms with Crippen LogP contribution in [0.3, 0.4) is 0 Å². The van der Waals surface area contributed by atoms with Crippen LogP contribution in [-0.2, 0) is 6.42 Å². The first-order valence-corrected chi connectivity index (χ1v) is 6.66. The quantitative estimate of drug-likeness (QED) is 0.922. The highest BCUT2D eigenvalue weighted by atomic mass is 19.1. The number of methoxy groups -OCH3 is 1. The molecule has 0 aliphatic heterocycles. The van der Waals surface area contributed by atoms with Gasteiger partial charge in [0.25, 0.3) is 0 Å². The van der Waals surface area contributed by atoms with Crippen LogP contribution in [0.15, 0.2) is 36.4 Å². The van der Waals surface area contributed by atoms with Crippen molar-refractivity contribution in [2.24, 2.45) is 5.73 Å². The molecule has 0 radical (unpaired) electrons. The van der Waals surface area contributed by atoms with Crippen LogP contribution in [0, 0.1) is 19.7 Å². The van der Waals surface area contributed by atoms with E-state index in [-0.39, 0.29) is 17.6 Å². The number of hydrogen-bond acceptors (Lipinski definition) is 2. The monoisotopic (exact) mass is 273 g/mol. The number of benzene rings is 2. The van der Waals surface area contributed by atoms with Gasteiger partial charge in [-0.1, -0.05) is 29.8 Å². The van der Waals surface area contributed by atoms with Crippen LogP contribution >= 0.6 is 0 Å². The zero-order chi connectivity index (χ0) is 14.7. The van der Waals surface area contributed by atoms with Crippen molar-refractivity contribution >= 4 is 0 Å². The summed E-state index contributed by atoms with van der Waals surface area (Å²) in [4.78, 5) is 0. The Hall–Kier alpha value is -1.87. The highest BCUT2D eigenvalue weighted by molar-refractivity contribution is 5.35. The lowest BCUT2D eigenvalue weighted by Crippen LogP contribution is -2.14. The van der Waals surface area contributed by atoms with Gasteiger partial charge >= 0.3 is 0 Å². The summed E-state index contributed by atoms with van der Waals surface area (Å²) in [7, 11) is 1.46. The van der Waals surface area contributed by atoms with Gasteiger partial charge in [-0.2, -0.15) is 0 Å². The SMILES string of the molecule is COc1cc(C(N)Cc2cc(C)ccc2C)ccc1F. The van der Waals surface area contributed by atoms with Gasteiger partial charge in [0.05, 0.1) is 7.11 Å². The first kappa shape index (κ1) is 14.5. The Kier molecular flexibility index (Phi) is 4.40. The molecule has 2 rings (SSSR count). The van der Waals surface area contributed by atoms with Gasteiger partial charge in [0.15, 0.2) is 11.6 Å². The van der Waals surface area contributed by atoms with E-state index in [1.165, 1.54) is 29.9 Å². The van der Waals surface area contributed by atoms with Crippen molar-refractivity contribution in [1.82, 2.24) is 0 Å². The summed E-state index contributed by atoms with van der Waals surface area (Å²) in [6.45, 7) is 4.14. The van der Waals surface area contributed by atoms with E-state index < -0.39 is 0 Å². The Labute approximate surface area is 119 Å². The fourth-order valence-electron chi connectivity index (χ4n) is 2.28. The van der Waals surface area contributed by atoms with Gasteiger partial charge in [0.2, 0.25) is 0 Å². The zero-order valence-electron chi connectivity index (χ0n) is 12.1. The molecule has 106 valence electrons. The molecule has 3 heteroatoms. The summed E-state index contributed by atoms with van der Waals surface area (Å²) in [6, 6.07) is 10.9. The van der Waals surface area contributed by atoms with Crippen LogP contribution in [0.4, 0.5) is 4.39 Å². The van der Waals surface area contributed by atoms with E-state index in [1.807, 2.05) is 0 Å². The average molecular weight is 273 g/mol. The van der Waals surface area contributed by atoms with Gasteiger partial charge < -0.3 is 10.5 Å². The largest absolute Gasteiger partial charge is 0.494 e. The van der Waals surface area contributed by atoms with Crippen molar-refractivity contribution in [3.05, 3.63) is 64.5 Å². The molecule has 2 N–H and O–H groups in total. The topological polar surface area (TPSA) is 35.2 Å². The summed E-state index contributed by atoms with van der Waals surface area (Å²) < 4.78 is 18.4. The third-order valence-electron chi connectivity index (χ3n) is 3.55. The van der Waals surface area contributed by atoms with Crippen molar-refractivity contribution in [2.45, 2.75) is 26.3 Å². The number of aryl methyl sites for hydroxylation is 2. The molecule has 20 heavy (non-hydrogen) atoms. The lowest BCUT2D eigenvalue weighted by Gasteiger charge is -2.15. The Bertz CT molecular complexity index is 610. The molecule has 2 aromatic carbocycles. The Morgan fingerprint density at radius 2 is 1.90 bits per heavy atom. The maximum atomic E-state index is 13.4. The van der Waals surface area contributed by atoms with E-state index in [2.05, 4.69) is 32.0 Å². The van der Waals surface area contributed by atoms with Gasteiger partial charge in [-0.3, -0.25) is 0 Å². The Balaban J connectivity index is 2.23. The number of hydrogen-bond donors (Lipinski definition) is 1. The standard InChI is InChI=1S/C17H20FNO/c1-11-4-5-12(2)14(8-11)9-16(19)13-6-7-15(18)17(10-13)20-3/h4-8,10,16H,9,19H2,1-3H3. The van der Waals surface area contributed by atoms with Crippen molar-refractivity contribution in [3.8, 4) is 5.75 Å². The molecule has 0 aliphatic rings. The Morgan fingerprint density at radius 3 is 2.60 bits per heavy atom. The predicted octanol–water partition coefficient (Wildman–Crippen LogP) is 3.69. The second-order valence-corrected chi connectivity index (χ2v) is 5.13. The summed E-state index contributed by atoms with van der Waals surface area (Å²) in [6.07, 6.45) is 0.725. The first-order chi connectivity index (χ1) is 9.51. The van der Waals surface area contributed by atoms with Gasteiger partial charge in [0, 0.05) is 6.04 Å². The number of rotatable bonds is 4. The molecule has 1 unspecified atom stereocenters. The predicted molar refractivity (Wildman–Crippen MR) is 79.5 cm³/mol. The molecule has 0 aliphatic carbocycles. The molecule has 2 nitrogen and oxygen atoms in total. The number of ether oxygens (including phenoxy) is 1. The maximum absolute atomic E-state index is 13.4. The molecular weight excluding hydrogens is 253 g/mol. The molecule has 0 heterocycles. The minimum Gasteiger partial charge on any atom is -0.494 e. The van der Waals surface area contributed by atoms with Crippen molar-refractivity contribution in [3.63, 3.8) is 0 Å². The van der Waals surface area contributed by atoms with Crippen molar-refractivity contribution in [2.75, 3.05) is 7.11 Å². The maximum Gasteiger partial charge on any atom is 0.165 e. The van der Waals surface area contributed by atoms with E-state index in [1.54, 1.807) is 12.1 Å². The third-order valence-corrected chi connectivity index (χ3v) is 3.55. The highest BCUT2D eigenvalue weighted by Crippen LogP contribution is 2.24. The molecule has 2 aromatic rings. The van der Waals surface area contributed by atoms with Crippen LogP contribution in [0.2, 0.25) is 0 Å². The van der Waals surface area contributed by atoms with Gasteiger partial charge in [0.1, 0.15) is 0 Å². The summed E-state index contributed by atoms with van der Waals surface area (Å²) >= 11 is 0. The smallest absolute Gasteiger partial charge is 0.165 e. The highest BCUT2D eigenvalue weighted by Gasteiger charge is 2.12. The summed E-state index contributed by atoms with van der Waals surface area (Å²) in [5.41, 5.74) is 10.8. The van der Waals surface area contributed by atoms with Crippen molar-refractivity contribution in [1.29, 1.82) is 0 Å². The molecule has 0 fully saturated rings. The van der Waals surface area contributed by atoms with E-state index in [0.717, 1.165) is 12.0 Å². The molecular formula is C17H20FNO. The van der Waals surface area contributed by atoms with Crippen molar-refractivity contribution < 1.29 is 9.13 Å². The molecule has 0 spiro atoms. The van der Waals surface area contributed by atoms with Crippen LogP contribution in [0.25, 0.3) is 0 Å². The van der Waals surface area contributed by atoms with Crippen LogP contribution in [0.1, 0.15) is 28.3 Å². The second kappa shape index (κ2) is 6.06. The molecule has 0 bridgehead atoms. The normalized spacial score (nSPS) is 12.2. The van der Waals surface area contributed by atoms with Crippen LogP contribution in [-0.4, -0.2) is 7.11 Å². The first-order valence-electron chi connectivity index (χ1n) is 6.66. The van der Waals surface area contributed by atoms with E-state index >= 15 is 0 Å². The minimum absolute atomic E-state index is 0.176. The van der Waals surface area contributed by atoms with E-state index in [0.29, 0.717) is 0 Å². The molecule has 0 aromatic heterocycles. The lowest BCUT2D eigenvalue weighted by molar-refractivity contribution is 0.385. The van der Waals surface area contributed by atoms with Crippen LogP contribution in [0.5, 0.6) is 5.75 Å². The van der Waals surface area contributed by atoms with Gasteiger partial charge in [-0.15, -0.1) is 0 Å². The lowest BCUT2D eigenvalue weighted by atomic mass is 9.95. The fraction of sp³-hybridized carbons (Fsp3) is 0.294. The molecule has 1 atom stereocenters.